The van der Waals surface area contributed by atoms with Crippen LogP contribution in [0.4, 0.5) is 4.39 Å². The van der Waals surface area contributed by atoms with E-state index in [2.05, 4.69) is 10.3 Å². The molecule has 2 aromatic heterocycles. The van der Waals surface area contributed by atoms with E-state index in [0.29, 0.717) is 0 Å². The lowest BCUT2D eigenvalue weighted by atomic mass is 10.0. The normalized spacial score (nSPS) is 12.0. The molecule has 1 atom stereocenters. The summed E-state index contributed by atoms with van der Waals surface area (Å²) in [6, 6.07) is 9.18. The highest BCUT2D eigenvalue weighted by Gasteiger charge is 2.23. The number of hydrogen-bond acceptors (Lipinski definition) is 3. The quantitative estimate of drug-likeness (QED) is 0.588. The third kappa shape index (κ3) is 3.96. The average Bonchev–Trinajstić information content (AvgIpc) is 3.13. The summed E-state index contributed by atoms with van der Waals surface area (Å²) < 4.78 is 13.2. The van der Waals surface area contributed by atoms with Crippen molar-refractivity contribution in [3.63, 3.8) is 0 Å². The van der Waals surface area contributed by atoms with Crippen molar-refractivity contribution in [2.75, 3.05) is 0 Å². The number of hydrogen-bond donors (Lipinski definition) is 1. The molecule has 0 saturated heterocycles. The van der Waals surface area contributed by atoms with Gasteiger partial charge in [-0.05, 0) is 29.1 Å². The fraction of sp³-hybridized carbons (Fsp3) is 0.0588. The van der Waals surface area contributed by atoms with Crippen LogP contribution in [-0.4, -0.2) is 10.9 Å². The predicted molar refractivity (Wildman–Crippen MR) is 99.3 cm³/mol. The van der Waals surface area contributed by atoms with Gasteiger partial charge >= 0.3 is 0 Å². The molecular weight excluding hydrogens is 406 g/mol. The number of pyridine rings is 1. The summed E-state index contributed by atoms with van der Waals surface area (Å²) in [6.45, 7) is 0. The minimum atomic E-state index is -0.508. The first kappa shape index (κ1) is 18.1. The summed E-state index contributed by atoms with van der Waals surface area (Å²) in [5.41, 5.74) is 0.702. The Morgan fingerprint density at radius 3 is 2.48 bits per heavy atom. The van der Waals surface area contributed by atoms with Gasteiger partial charge < -0.3 is 5.32 Å². The molecule has 0 radical (unpaired) electrons. The van der Waals surface area contributed by atoms with Gasteiger partial charge in [-0.15, -0.1) is 11.3 Å². The first-order chi connectivity index (χ1) is 12.0. The van der Waals surface area contributed by atoms with E-state index in [1.165, 1.54) is 29.7 Å². The largest absolute Gasteiger partial charge is 0.339 e. The minimum absolute atomic E-state index is 0.0179. The van der Waals surface area contributed by atoms with Gasteiger partial charge in [0.05, 0.1) is 21.1 Å². The molecule has 0 aliphatic carbocycles. The number of thiophene rings is 1. The Morgan fingerprint density at radius 2 is 1.84 bits per heavy atom. The van der Waals surface area contributed by atoms with E-state index in [9.17, 15) is 9.18 Å². The molecule has 0 spiro atoms. The lowest BCUT2D eigenvalue weighted by molar-refractivity contribution is 0.0938. The molecule has 0 saturated carbocycles. The molecule has 0 unspecified atom stereocenters. The monoisotopic (exact) mass is 414 g/mol. The molecule has 1 N–H and O–H groups in total. The summed E-state index contributed by atoms with van der Waals surface area (Å²) in [7, 11) is 0. The second kappa shape index (κ2) is 7.70. The number of benzene rings is 1. The number of aromatic nitrogens is 1. The van der Waals surface area contributed by atoms with Gasteiger partial charge in [0.15, 0.2) is 0 Å². The average molecular weight is 416 g/mol. The Kier molecular flexibility index (Phi) is 5.59. The maximum atomic E-state index is 13.2. The van der Waals surface area contributed by atoms with Crippen molar-refractivity contribution in [2.24, 2.45) is 0 Å². The van der Waals surface area contributed by atoms with Gasteiger partial charge in [0.25, 0.3) is 5.91 Å². The van der Waals surface area contributed by atoms with Crippen molar-refractivity contribution < 1.29 is 9.18 Å². The Morgan fingerprint density at radius 1 is 1.12 bits per heavy atom. The van der Waals surface area contributed by atoms with E-state index in [4.69, 9.17) is 34.8 Å². The van der Waals surface area contributed by atoms with Crippen molar-refractivity contribution in [1.29, 1.82) is 0 Å². The summed E-state index contributed by atoms with van der Waals surface area (Å²) in [4.78, 5) is 17.5. The molecule has 0 aliphatic heterocycles. The predicted octanol–water partition coefficient (Wildman–Crippen LogP) is 5.76. The molecule has 1 aromatic carbocycles. The number of carbonyl (C=O) groups is 1. The Hall–Kier alpha value is -1.66. The van der Waals surface area contributed by atoms with Crippen LogP contribution in [0.5, 0.6) is 0 Å². The summed E-state index contributed by atoms with van der Waals surface area (Å²) in [5.74, 6) is -0.861. The zero-order valence-corrected chi connectivity index (χ0v) is 15.6. The van der Waals surface area contributed by atoms with Crippen LogP contribution < -0.4 is 5.32 Å². The number of carbonyl (C=O) groups excluding carboxylic acids is 1. The molecular formula is C17H10Cl3FN2OS. The number of nitrogens with one attached hydrogen (secondary N) is 1. The molecule has 25 heavy (non-hydrogen) atoms. The Labute approximate surface area is 162 Å². The van der Waals surface area contributed by atoms with E-state index in [-0.39, 0.29) is 26.6 Å². The molecule has 128 valence electrons. The molecule has 3 aromatic rings. The van der Waals surface area contributed by atoms with Crippen molar-refractivity contribution >= 4 is 52.0 Å². The zero-order valence-electron chi connectivity index (χ0n) is 12.5. The van der Waals surface area contributed by atoms with Crippen LogP contribution in [0.25, 0.3) is 0 Å². The van der Waals surface area contributed by atoms with Crippen LogP contribution >= 0.6 is 46.1 Å². The van der Waals surface area contributed by atoms with Crippen LogP contribution in [0, 0.1) is 5.82 Å². The smallest absolute Gasteiger partial charge is 0.272 e. The van der Waals surface area contributed by atoms with E-state index in [1.54, 1.807) is 12.1 Å². The number of nitrogens with zero attached hydrogens (tertiary/aromatic N) is 1. The van der Waals surface area contributed by atoms with Gasteiger partial charge in [-0.25, -0.2) is 9.37 Å². The van der Waals surface area contributed by atoms with Gasteiger partial charge in [-0.1, -0.05) is 53.0 Å². The SMILES string of the molecule is O=C(N[C@H](c1ccc(F)cc1)c1cccs1)c1ncc(Cl)c(Cl)c1Cl. The highest BCUT2D eigenvalue weighted by atomic mass is 35.5. The minimum Gasteiger partial charge on any atom is -0.339 e. The van der Waals surface area contributed by atoms with Crippen LogP contribution in [0.3, 0.4) is 0 Å². The number of rotatable bonds is 4. The van der Waals surface area contributed by atoms with E-state index in [1.807, 2.05) is 17.5 Å². The molecule has 3 rings (SSSR count). The first-order valence-corrected chi connectivity index (χ1v) is 9.08. The summed E-state index contributed by atoms with van der Waals surface area (Å²) in [5, 5.41) is 4.96. The van der Waals surface area contributed by atoms with Crippen LogP contribution in [0.15, 0.2) is 48.0 Å². The maximum absolute atomic E-state index is 13.2. The van der Waals surface area contributed by atoms with Crippen molar-refractivity contribution in [1.82, 2.24) is 10.3 Å². The Bertz CT molecular complexity index is 901. The van der Waals surface area contributed by atoms with Crippen LogP contribution in [0.2, 0.25) is 15.1 Å². The first-order valence-electron chi connectivity index (χ1n) is 7.06. The lowest BCUT2D eigenvalue weighted by Gasteiger charge is -2.18. The second-order valence-corrected chi connectivity index (χ2v) is 7.20. The third-order valence-corrected chi connectivity index (χ3v) is 5.62. The highest BCUT2D eigenvalue weighted by molar-refractivity contribution is 7.10. The van der Waals surface area contributed by atoms with Crippen molar-refractivity contribution in [3.05, 3.63) is 85.0 Å². The zero-order chi connectivity index (χ0) is 18.0. The number of halogens is 4. The standard InChI is InChI=1S/C17H10Cl3FN2OS/c18-11-8-22-16(14(20)13(11)19)17(24)23-15(12-2-1-7-25-12)9-3-5-10(21)6-4-9/h1-8,15H,(H,23,24)/t15-/m1/s1. The molecule has 0 fully saturated rings. The second-order valence-electron chi connectivity index (χ2n) is 5.06. The van der Waals surface area contributed by atoms with Crippen LogP contribution in [-0.2, 0) is 0 Å². The maximum Gasteiger partial charge on any atom is 0.272 e. The van der Waals surface area contributed by atoms with Crippen molar-refractivity contribution in [3.8, 4) is 0 Å². The summed E-state index contributed by atoms with van der Waals surface area (Å²) >= 11 is 19.4. The molecule has 3 nitrogen and oxygen atoms in total. The fourth-order valence-corrected chi connectivity index (χ4v) is 3.60. The summed E-state index contributed by atoms with van der Waals surface area (Å²) in [6.07, 6.45) is 1.27. The van der Waals surface area contributed by atoms with E-state index < -0.39 is 11.9 Å². The van der Waals surface area contributed by atoms with Gasteiger partial charge in [-0.3, -0.25) is 4.79 Å². The van der Waals surface area contributed by atoms with Gasteiger partial charge in [0.2, 0.25) is 0 Å². The lowest BCUT2D eigenvalue weighted by Crippen LogP contribution is -2.29. The van der Waals surface area contributed by atoms with Gasteiger partial charge in [-0.2, -0.15) is 0 Å². The van der Waals surface area contributed by atoms with Gasteiger partial charge in [0, 0.05) is 11.1 Å². The van der Waals surface area contributed by atoms with E-state index in [0.717, 1.165) is 10.4 Å². The molecule has 1 amide bonds. The fourth-order valence-electron chi connectivity index (χ4n) is 2.23. The van der Waals surface area contributed by atoms with E-state index >= 15 is 0 Å². The van der Waals surface area contributed by atoms with Gasteiger partial charge in [0.1, 0.15) is 11.5 Å². The third-order valence-electron chi connectivity index (χ3n) is 3.44. The molecule has 0 bridgehead atoms. The highest BCUT2D eigenvalue weighted by Crippen LogP contribution is 2.32. The molecule has 0 aliphatic rings. The van der Waals surface area contributed by atoms with Crippen LogP contribution in [0.1, 0.15) is 27.0 Å². The van der Waals surface area contributed by atoms with Crippen molar-refractivity contribution in [2.45, 2.75) is 6.04 Å². The Balaban J connectivity index is 1.94. The topological polar surface area (TPSA) is 42.0 Å². The molecule has 8 heteroatoms. The molecule has 2 heterocycles. The number of amides is 1.